The Bertz CT molecular complexity index is 1560. The predicted molar refractivity (Wildman–Crippen MR) is 146 cm³/mol. The first-order valence-corrected chi connectivity index (χ1v) is 14.7. The maximum Gasteiger partial charge on any atom is 0.260 e. The quantitative estimate of drug-likeness (QED) is 0.580. The summed E-state index contributed by atoms with van der Waals surface area (Å²) in [5.74, 6) is -1.52. The third-order valence-electron chi connectivity index (χ3n) is 7.42. The number of benzene rings is 1. The molecule has 0 bridgehead atoms. The number of nitrogens with zero attached hydrogens (tertiary/aromatic N) is 3. The normalized spacial score (nSPS) is 20.6. The number of sulfone groups is 1. The number of aromatic nitrogens is 1. The number of allylic oxidation sites excluding steroid dienone is 1. The summed E-state index contributed by atoms with van der Waals surface area (Å²) in [6.45, 7) is 1.44. The second-order valence-electron chi connectivity index (χ2n) is 10.7. The van der Waals surface area contributed by atoms with Gasteiger partial charge in [-0.05, 0) is 74.5 Å². The second-order valence-corrected chi connectivity index (χ2v) is 12.8. The van der Waals surface area contributed by atoms with Gasteiger partial charge in [-0.2, -0.15) is 0 Å². The van der Waals surface area contributed by atoms with E-state index in [1.807, 2.05) is 19.0 Å². The van der Waals surface area contributed by atoms with Gasteiger partial charge in [0.2, 0.25) is 0 Å². The third-order valence-corrected chi connectivity index (χ3v) is 8.26. The summed E-state index contributed by atoms with van der Waals surface area (Å²) in [7, 11) is 2.26. The molecule has 1 N–H and O–H groups in total. The number of pyridine rings is 1. The standard InChI is InChI=1S/C28H32F2N4O3S/c1-32(2)10-5-6-17-14-31-26-24-18(15-34(27(17)24)23-8-7-20(29)13-22(23)30)12-19(16-38(4,36)37)21-9-11-33(3)28(35)25(21)26/h7-9,11-13,15,17,27,31H,5-6,10,14,16H2,1-4H3. The molecule has 0 fully saturated rings. The second kappa shape index (κ2) is 9.81. The van der Waals surface area contributed by atoms with Crippen LogP contribution in [0, 0.1) is 17.6 Å². The lowest BCUT2D eigenvalue weighted by Crippen LogP contribution is -2.46. The van der Waals surface area contributed by atoms with Gasteiger partial charge in [-0.25, -0.2) is 17.2 Å². The highest BCUT2D eigenvalue weighted by molar-refractivity contribution is 7.91. The summed E-state index contributed by atoms with van der Waals surface area (Å²) in [4.78, 5) is 17.5. The van der Waals surface area contributed by atoms with Crippen molar-refractivity contribution in [1.29, 1.82) is 0 Å². The van der Waals surface area contributed by atoms with Crippen molar-refractivity contribution in [3.63, 3.8) is 0 Å². The molecule has 202 valence electrons. The van der Waals surface area contributed by atoms with E-state index in [4.69, 9.17) is 0 Å². The predicted octanol–water partition coefficient (Wildman–Crippen LogP) is 3.15. The average Bonchev–Trinajstić information content (AvgIpc) is 3.13. The van der Waals surface area contributed by atoms with Gasteiger partial charge in [0.25, 0.3) is 5.56 Å². The van der Waals surface area contributed by atoms with E-state index < -0.39 is 21.5 Å². The fourth-order valence-electron chi connectivity index (χ4n) is 5.79. The van der Waals surface area contributed by atoms with Crippen LogP contribution in [0.15, 0.2) is 58.7 Å². The molecule has 5 rings (SSSR count). The molecular formula is C28H32F2N4O3S. The van der Waals surface area contributed by atoms with Crippen molar-refractivity contribution >= 4 is 26.8 Å². The highest BCUT2D eigenvalue weighted by atomic mass is 32.2. The lowest BCUT2D eigenvalue weighted by atomic mass is 9.82. The molecule has 0 saturated heterocycles. The Labute approximate surface area is 221 Å². The topological polar surface area (TPSA) is 74.7 Å². The van der Waals surface area contributed by atoms with Crippen molar-refractivity contribution in [1.82, 2.24) is 14.8 Å². The van der Waals surface area contributed by atoms with Gasteiger partial charge in [0.15, 0.2) is 9.84 Å². The van der Waals surface area contributed by atoms with Crippen molar-refractivity contribution in [2.45, 2.75) is 18.9 Å². The van der Waals surface area contributed by atoms with Crippen LogP contribution in [-0.4, -0.2) is 63.1 Å². The Morgan fingerprint density at radius 3 is 2.63 bits per heavy atom. The van der Waals surface area contributed by atoms with E-state index in [1.54, 1.807) is 31.6 Å². The first kappa shape index (κ1) is 26.4. The van der Waals surface area contributed by atoms with Crippen LogP contribution in [0.2, 0.25) is 0 Å². The molecule has 0 spiro atoms. The van der Waals surface area contributed by atoms with Gasteiger partial charge >= 0.3 is 0 Å². The van der Waals surface area contributed by atoms with Crippen LogP contribution in [0.25, 0.3) is 11.3 Å². The van der Waals surface area contributed by atoms with Crippen molar-refractivity contribution in [3.8, 4) is 0 Å². The molecule has 0 saturated carbocycles. The van der Waals surface area contributed by atoms with E-state index in [-0.39, 0.29) is 29.0 Å². The zero-order valence-electron chi connectivity index (χ0n) is 22.0. The zero-order valence-corrected chi connectivity index (χ0v) is 22.8. The minimum absolute atomic E-state index is 0.0628. The van der Waals surface area contributed by atoms with Crippen molar-refractivity contribution in [3.05, 3.63) is 87.0 Å². The van der Waals surface area contributed by atoms with Crippen LogP contribution in [0.3, 0.4) is 0 Å². The van der Waals surface area contributed by atoms with Crippen LogP contribution in [0.5, 0.6) is 0 Å². The molecule has 10 heteroatoms. The van der Waals surface area contributed by atoms with Gasteiger partial charge in [-0.3, -0.25) is 4.79 Å². The summed E-state index contributed by atoms with van der Waals surface area (Å²) in [5, 5.41) is 3.50. The number of anilines is 1. The van der Waals surface area contributed by atoms with Crippen LogP contribution in [0.1, 0.15) is 24.0 Å². The Morgan fingerprint density at radius 1 is 1.18 bits per heavy atom. The number of rotatable bonds is 7. The molecule has 1 aliphatic carbocycles. The molecule has 1 aromatic carbocycles. The molecule has 2 atom stereocenters. The SMILES string of the molecule is CN(C)CCCC1CNC2=C3C(=CN(c4ccc(F)cc4F)C31)C=C(CS(C)(=O)=O)c1ccn(C)c(=O)c12. The number of aryl methyl sites for hydroxylation is 1. The van der Waals surface area contributed by atoms with E-state index in [0.29, 0.717) is 28.9 Å². The van der Waals surface area contributed by atoms with E-state index in [9.17, 15) is 17.6 Å². The summed E-state index contributed by atoms with van der Waals surface area (Å²) < 4.78 is 55.2. The zero-order chi connectivity index (χ0) is 27.4. The maximum absolute atomic E-state index is 15.1. The third kappa shape index (κ3) is 4.82. The lowest BCUT2D eigenvalue weighted by molar-refractivity contribution is 0.343. The summed E-state index contributed by atoms with van der Waals surface area (Å²) in [6.07, 6.45) is 8.18. The average molecular weight is 543 g/mol. The monoisotopic (exact) mass is 542 g/mol. The number of hydrogen-bond donors (Lipinski definition) is 1. The summed E-state index contributed by atoms with van der Waals surface area (Å²) in [5.41, 5.74) is 3.70. The Balaban J connectivity index is 1.74. The highest BCUT2D eigenvalue weighted by Crippen LogP contribution is 2.46. The first-order valence-electron chi connectivity index (χ1n) is 12.6. The molecule has 3 heterocycles. The number of hydrogen-bond acceptors (Lipinski definition) is 6. The first-order chi connectivity index (χ1) is 17.9. The van der Waals surface area contributed by atoms with Crippen LogP contribution in [-0.2, 0) is 16.9 Å². The maximum atomic E-state index is 15.1. The largest absolute Gasteiger partial charge is 0.384 e. The summed E-state index contributed by atoms with van der Waals surface area (Å²) >= 11 is 0. The van der Waals surface area contributed by atoms with Crippen molar-refractivity contribution in [2.75, 3.05) is 44.1 Å². The van der Waals surface area contributed by atoms with Crippen molar-refractivity contribution in [2.24, 2.45) is 13.0 Å². The molecule has 2 aliphatic heterocycles. The van der Waals surface area contributed by atoms with Gasteiger partial charge in [-0.1, -0.05) is 0 Å². The highest BCUT2D eigenvalue weighted by Gasteiger charge is 2.43. The number of nitrogens with one attached hydrogen (secondary N) is 1. The molecule has 7 nitrogen and oxygen atoms in total. The minimum Gasteiger partial charge on any atom is -0.384 e. The fraction of sp³-hybridized carbons (Fsp3) is 0.393. The Kier molecular flexibility index (Phi) is 6.81. The van der Waals surface area contributed by atoms with Crippen LogP contribution < -0.4 is 15.8 Å². The molecular weight excluding hydrogens is 510 g/mol. The number of halogens is 2. The van der Waals surface area contributed by atoms with E-state index in [0.717, 1.165) is 42.9 Å². The van der Waals surface area contributed by atoms with Gasteiger partial charge in [0.1, 0.15) is 11.6 Å². The molecule has 2 unspecified atom stereocenters. The molecule has 0 amide bonds. The molecule has 38 heavy (non-hydrogen) atoms. The lowest BCUT2D eigenvalue weighted by Gasteiger charge is -2.39. The van der Waals surface area contributed by atoms with Gasteiger partial charge in [-0.15, -0.1) is 0 Å². The Hall–Kier alpha value is -3.24. The fourth-order valence-corrected chi connectivity index (χ4v) is 6.59. The van der Waals surface area contributed by atoms with E-state index >= 15 is 4.39 Å². The van der Waals surface area contributed by atoms with Gasteiger partial charge in [0.05, 0.1) is 28.7 Å². The van der Waals surface area contributed by atoms with Gasteiger partial charge in [0, 0.05) is 49.8 Å². The van der Waals surface area contributed by atoms with Crippen molar-refractivity contribution < 1.29 is 17.2 Å². The van der Waals surface area contributed by atoms with Gasteiger partial charge < -0.3 is 19.7 Å². The van der Waals surface area contributed by atoms with Crippen LogP contribution in [0.4, 0.5) is 14.5 Å². The molecule has 3 aliphatic rings. The molecule has 1 aromatic heterocycles. The summed E-state index contributed by atoms with van der Waals surface area (Å²) in [6, 6.07) is 5.00. The smallest absolute Gasteiger partial charge is 0.260 e. The number of fused-ring (bicyclic) bond motifs is 2. The van der Waals surface area contributed by atoms with E-state index in [1.165, 1.54) is 16.7 Å². The van der Waals surface area contributed by atoms with Crippen LogP contribution >= 0.6 is 0 Å². The molecule has 0 radical (unpaired) electrons. The van der Waals surface area contributed by atoms with E-state index in [2.05, 4.69) is 10.2 Å². The molecule has 2 aromatic rings. The minimum atomic E-state index is -3.43. The Morgan fingerprint density at radius 2 is 1.95 bits per heavy atom.